The molecule has 1 N–H and O–H groups in total. The predicted octanol–water partition coefficient (Wildman–Crippen LogP) is 3.08. The molecule has 0 unspecified atom stereocenters. The summed E-state index contributed by atoms with van der Waals surface area (Å²) in [7, 11) is 0. The number of amides is 1. The molecule has 2 heterocycles. The van der Waals surface area contributed by atoms with Crippen molar-refractivity contribution in [2.45, 2.75) is 25.0 Å². The standard InChI is InChI=1S/C16H17N5OS2/c1-2-12-6-3-4-8-14(12)17-15(22)11-24-16-18-19-20-21(16)10-13-7-5-9-23-13/h3-9H,2,10-11H2,1H3,(H,17,22). The van der Waals surface area contributed by atoms with E-state index in [-0.39, 0.29) is 11.7 Å². The highest BCUT2D eigenvalue weighted by molar-refractivity contribution is 7.99. The van der Waals surface area contributed by atoms with E-state index >= 15 is 0 Å². The molecule has 1 aromatic carbocycles. The molecule has 0 bridgehead atoms. The van der Waals surface area contributed by atoms with Crippen LogP contribution in [0.1, 0.15) is 17.4 Å². The minimum absolute atomic E-state index is 0.0634. The Morgan fingerprint density at radius 1 is 1.29 bits per heavy atom. The van der Waals surface area contributed by atoms with E-state index in [9.17, 15) is 4.79 Å². The fraction of sp³-hybridized carbons (Fsp3) is 0.250. The summed E-state index contributed by atoms with van der Waals surface area (Å²) in [5.41, 5.74) is 1.99. The second-order valence-electron chi connectivity index (χ2n) is 5.05. The third-order valence-electron chi connectivity index (χ3n) is 3.39. The highest BCUT2D eigenvalue weighted by Crippen LogP contribution is 2.19. The highest BCUT2D eigenvalue weighted by Gasteiger charge is 2.12. The third kappa shape index (κ3) is 4.21. The van der Waals surface area contributed by atoms with Gasteiger partial charge in [0.05, 0.1) is 12.3 Å². The van der Waals surface area contributed by atoms with Crippen LogP contribution in [-0.4, -0.2) is 31.9 Å². The normalized spacial score (nSPS) is 10.7. The summed E-state index contributed by atoms with van der Waals surface area (Å²) in [5.74, 6) is 0.203. The molecule has 124 valence electrons. The molecule has 8 heteroatoms. The second kappa shape index (κ2) is 8.07. The summed E-state index contributed by atoms with van der Waals surface area (Å²) in [4.78, 5) is 13.4. The Morgan fingerprint density at radius 3 is 2.96 bits per heavy atom. The lowest BCUT2D eigenvalue weighted by Crippen LogP contribution is -2.16. The zero-order valence-corrected chi connectivity index (χ0v) is 14.8. The highest BCUT2D eigenvalue weighted by atomic mass is 32.2. The number of hydrogen-bond acceptors (Lipinski definition) is 6. The van der Waals surface area contributed by atoms with Crippen LogP contribution in [0.4, 0.5) is 5.69 Å². The Hall–Kier alpha value is -2.19. The molecule has 24 heavy (non-hydrogen) atoms. The monoisotopic (exact) mass is 359 g/mol. The molecule has 0 spiro atoms. The Kier molecular flexibility index (Phi) is 5.60. The minimum Gasteiger partial charge on any atom is -0.325 e. The first-order chi connectivity index (χ1) is 11.8. The molecule has 0 fully saturated rings. The average Bonchev–Trinajstić information content (AvgIpc) is 3.26. The number of thiophene rings is 1. The molecule has 0 atom stereocenters. The Morgan fingerprint density at radius 2 is 2.17 bits per heavy atom. The predicted molar refractivity (Wildman–Crippen MR) is 96.4 cm³/mol. The maximum atomic E-state index is 12.2. The van der Waals surface area contributed by atoms with Gasteiger partial charge in [-0.1, -0.05) is 43.0 Å². The molecule has 3 aromatic rings. The number of para-hydroxylation sites is 1. The van der Waals surface area contributed by atoms with Crippen molar-refractivity contribution >= 4 is 34.7 Å². The first-order valence-corrected chi connectivity index (χ1v) is 9.42. The van der Waals surface area contributed by atoms with Crippen molar-refractivity contribution in [3.05, 3.63) is 52.2 Å². The molecule has 0 aliphatic rings. The number of benzene rings is 1. The van der Waals surface area contributed by atoms with Crippen LogP contribution in [0.15, 0.2) is 46.9 Å². The maximum Gasteiger partial charge on any atom is 0.234 e. The van der Waals surface area contributed by atoms with Crippen LogP contribution >= 0.6 is 23.1 Å². The number of aryl methyl sites for hydroxylation is 1. The van der Waals surface area contributed by atoms with Crippen molar-refractivity contribution in [1.82, 2.24) is 20.2 Å². The Bertz CT molecular complexity index is 800. The molecule has 0 saturated heterocycles. The smallest absolute Gasteiger partial charge is 0.234 e. The fourth-order valence-electron chi connectivity index (χ4n) is 2.22. The molecule has 0 radical (unpaired) electrons. The van der Waals surface area contributed by atoms with Crippen LogP contribution in [0.3, 0.4) is 0 Å². The number of anilines is 1. The van der Waals surface area contributed by atoms with E-state index in [4.69, 9.17) is 0 Å². The number of nitrogens with one attached hydrogen (secondary N) is 1. The summed E-state index contributed by atoms with van der Waals surface area (Å²) in [5, 5.41) is 17.3. The molecule has 0 aliphatic carbocycles. The lowest BCUT2D eigenvalue weighted by Gasteiger charge is -2.09. The van der Waals surface area contributed by atoms with Gasteiger partial charge in [0.25, 0.3) is 0 Å². The molecule has 3 rings (SSSR count). The number of nitrogens with zero attached hydrogens (tertiary/aromatic N) is 4. The van der Waals surface area contributed by atoms with E-state index in [1.807, 2.05) is 41.8 Å². The van der Waals surface area contributed by atoms with Crippen molar-refractivity contribution in [3.63, 3.8) is 0 Å². The van der Waals surface area contributed by atoms with Gasteiger partial charge >= 0.3 is 0 Å². The van der Waals surface area contributed by atoms with Crippen molar-refractivity contribution in [2.75, 3.05) is 11.1 Å². The number of carbonyl (C=O) groups is 1. The number of tetrazole rings is 1. The summed E-state index contributed by atoms with van der Waals surface area (Å²) in [6.45, 7) is 2.69. The number of hydrogen-bond donors (Lipinski definition) is 1. The molecule has 0 aliphatic heterocycles. The van der Waals surface area contributed by atoms with Crippen LogP contribution in [0.5, 0.6) is 0 Å². The van der Waals surface area contributed by atoms with E-state index in [1.54, 1.807) is 16.0 Å². The average molecular weight is 359 g/mol. The Balaban J connectivity index is 1.58. The van der Waals surface area contributed by atoms with Crippen LogP contribution in [0.25, 0.3) is 0 Å². The van der Waals surface area contributed by atoms with Gasteiger partial charge in [-0.3, -0.25) is 4.79 Å². The van der Waals surface area contributed by atoms with Gasteiger partial charge in [-0.15, -0.1) is 16.4 Å². The fourth-order valence-corrected chi connectivity index (χ4v) is 3.58. The summed E-state index contributed by atoms with van der Waals surface area (Å²) in [6, 6.07) is 11.9. The number of aromatic nitrogens is 4. The van der Waals surface area contributed by atoms with Gasteiger partial charge in [0.15, 0.2) is 0 Å². The van der Waals surface area contributed by atoms with Crippen LogP contribution in [-0.2, 0) is 17.8 Å². The number of thioether (sulfide) groups is 1. The first-order valence-electron chi connectivity index (χ1n) is 7.55. The van der Waals surface area contributed by atoms with Gasteiger partial charge in [-0.25, -0.2) is 4.68 Å². The number of carbonyl (C=O) groups excluding carboxylic acids is 1. The van der Waals surface area contributed by atoms with Crippen molar-refractivity contribution in [3.8, 4) is 0 Å². The molecule has 6 nitrogen and oxygen atoms in total. The van der Waals surface area contributed by atoms with E-state index in [0.29, 0.717) is 11.7 Å². The zero-order valence-electron chi connectivity index (χ0n) is 13.2. The second-order valence-corrected chi connectivity index (χ2v) is 7.02. The van der Waals surface area contributed by atoms with E-state index < -0.39 is 0 Å². The van der Waals surface area contributed by atoms with Crippen molar-refractivity contribution in [2.24, 2.45) is 0 Å². The maximum absolute atomic E-state index is 12.2. The van der Waals surface area contributed by atoms with E-state index in [1.165, 1.54) is 16.6 Å². The molecular weight excluding hydrogens is 342 g/mol. The van der Waals surface area contributed by atoms with Crippen LogP contribution in [0, 0.1) is 0 Å². The van der Waals surface area contributed by atoms with Gasteiger partial charge < -0.3 is 5.32 Å². The number of rotatable bonds is 7. The van der Waals surface area contributed by atoms with Crippen molar-refractivity contribution < 1.29 is 4.79 Å². The topological polar surface area (TPSA) is 72.7 Å². The minimum atomic E-state index is -0.0634. The van der Waals surface area contributed by atoms with E-state index in [0.717, 1.165) is 17.7 Å². The summed E-state index contributed by atoms with van der Waals surface area (Å²) in [6.07, 6.45) is 0.878. The van der Waals surface area contributed by atoms with Crippen LogP contribution < -0.4 is 5.32 Å². The molecule has 0 saturated carbocycles. The summed E-state index contributed by atoms with van der Waals surface area (Å²) < 4.78 is 1.71. The van der Waals surface area contributed by atoms with Gasteiger partial charge in [-0.05, 0) is 39.9 Å². The quantitative estimate of drug-likeness (QED) is 0.656. The molecular formula is C16H17N5OS2. The molecule has 2 aromatic heterocycles. The van der Waals surface area contributed by atoms with Crippen molar-refractivity contribution in [1.29, 1.82) is 0 Å². The lowest BCUT2D eigenvalue weighted by atomic mass is 10.1. The largest absolute Gasteiger partial charge is 0.325 e. The lowest BCUT2D eigenvalue weighted by molar-refractivity contribution is -0.113. The zero-order chi connectivity index (χ0) is 16.8. The van der Waals surface area contributed by atoms with Gasteiger partial charge in [0.1, 0.15) is 0 Å². The molecule has 1 amide bonds. The van der Waals surface area contributed by atoms with Crippen LogP contribution in [0.2, 0.25) is 0 Å². The Labute approximate surface area is 148 Å². The van der Waals surface area contributed by atoms with Gasteiger partial charge in [-0.2, -0.15) is 0 Å². The third-order valence-corrected chi connectivity index (χ3v) is 5.21. The SMILES string of the molecule is CCc1ccccc1NC(=O)CSc1nnnn1Cc1cccs1. The first kappa shape index (κ1) is 16.7. The van der Waals surface area contributed by atoms with E-state index in [2.05, 4.69) is 27.8 Å². The summed E-state index contributed by atoms with van der Waals surface area (Å²) >= 11 is 2.99. The van der Waals surface area contributed by atoms with Gasteiger partial charge in [0.2, 0.25) is 11.1 Å². The van der Waals surface area contributed by atoms with Gasteiger partial charge in [0, 0.05) is 10.6 Å².